The first-order chi connectivity index (χ1) is 7.42. The highest BCUT2D eigenvalue weighted by molar-refractivity contribution is 6.18. The van der Waals surface area contributed by atoms with Crippen molar-refractivity contribution < 1.29 is 9.53 Å². The van der Waals surface area contributed by atoms with Crippen molar-refractivity contribution in [2.24, 2.45) is 5.92 Å². The van der Waals surface area contributed by atoms with Gasteiger partial charge in [-0.05, 0) is 39.5 Å². The molecule has 1 fully saturated rings. The predicted molar refractivity (Wildman–Crippen MR) is 65.7 cm³/mol. The zero-order valence-electron chi connectivity index (χ0n) is 10.5. The van der Waals surface area contributed by atoms with Gasteiger partial charge in [-0.2, -0.15) is 0 Å². The number of likely N-dealkylation sites (tertiary alicyclic amines) is 1. The normalized spacial score (nSPS) is 22.2. The minimum absolute atomic E-state index is 0.0877. The Morgan fingerprint density at radius 2 is 2.19 bits per heavy atom. The molecule has 4 heteroatoms. The van der Waals surface area contributed by atoms with Crippen molar-refractivity contribution in [1.82, 2.24) is 4.90 Å². The molecule has 1 rings (SSSR count). The Morgan fingerprint density at radius 1 is 1.50 bits per heavy atom. The monoisotopic (exact) mass is 247 g/mol. The van der Waals surface area contributed by atoms with Gasteiger partial charge in [0.2, 0.25) is 5.91 Å². The lowest BCUT2D eigenvalue weighted by Gasteiger charge is -2.32. The highest BCUT2D eigenvalue weighted by atomic mass is 35.5. The molecule has 0 aliphatic carbocycles. The number of halogens is 1. The van der Waals surface area contributed by atoms with E-state index >= 15 is 0 Å². The van der Waals surface area contributed by atoms with Crippen LogP contribution in [-0.4, -0.2) is 42.0 Å². The van der Waals surface area contributed by atoms with Crippen molar-refractivity contribution in [1.29, 1.82) is 0 Å². The first kappa shape index (κ1) is 13.8. The molecule has 1 heterocycles. The molecule has 3 nitrogen and oxygen atoms in total. The van der Waals surface area contributed by atoms with Gasteiger partial charge in [-0.1, -0.05) is 0 Å². The van der Waals surface area contributed by atoms with E-state index in [0.717, 1.165) is 25.9 Å². The Kier molecular flexibility index (Phi) is 5.06. The van der Waals surface area contributed by atoms with Crippen LogP contribution in [0.1, 0.15) is 33.6 Å². The van der Waals surface area contributed by atoms with Gasteiger partial charge in [0.05, 0.1) is 5.60 Å². The first-order valence-electron chi connectivity index (χ1n) is 5.90. The maximum absolute atomic E-state index is 11.9. The van der Waals surface area contributed by atoms with Crippen molar-refractivity contribution >= 4 is 17.5 Å². The number of hydrogen-bond donors (Lipinski definition) is 0. The summed E-state index contributed by atoms with van der Waals surface area (Å²) in [4.78, 5) is 13.7. The largest absolute Gasteiger partial charge is 0.366 e. The van der Waals surface area contributed by atoms with E-state index in [1.54, 1.807) is 0 Å². The molecule has 16 heavy (non-hydrogen) atoms. The molecule has 0 aromatic heterocycles. The summed E-state index contributed by atoms with van der Waals surface area (Å²) >= 11 is 5.83. The molecule has 1 unspecified atom stereocenters. The molecule has 1 aliphatic heterocycles. The third-order valence-electron chi connectivity index (χ3n) is 2.72. The number of alkyl halides is 1. The molecule has 0 radical (unpaired) electrons. The second kappa shape index (κ2) is 5.87. The van der Waals surface area contributed by atoms with Crippen LogP contribution in [-0.2, 0) is 9.53 Å². The van der Waals surface area contributed by atoms with E-state index in [4.69, 9.17) is 16.3 Å². The maximum Gasteiger partial charge on any atom is 0.248 e. The molecule has 0 N–H and O–H groups in total. The summed E-state index contributed by atoms with van der Waals surface area (Å²) in [5.74, 6) is 1.18. The van der Waals surface area contributed by atoms with Crippen LogP contribution in [0.15, 0.2) is 0 Å². The molecule has 1 atom stereocenters. The highest BCUT2D eigenvalue weighted by Crippen LogP contribution is 2.18. The Balaban J connectivity index is 2.36. The van der Waals surface area contributed by atoms with Crippen molar-refractivity contribution in [2.75, 3.05) is 25.6 Å². The van der Waals surface area contributed by atoms with Crippen molar-refractivity contribution in [3.63, 3.8) is 0 Å². The van der Waals surface area contributed by atoms with Gasteiger partial charge in [-0.25, -0.2) is 0 Å². The molecule has 0 aromatic carbocycles. The van der Waals surface area contributed by atoms with Crippen LogP contribution in [0.3, 0.4) is 0 Å². The maximum atomic E-state index is 11.9. The fourth-order valence-electron chi connectivity index (χ4n) is 1.79. The smallest absolute Gasteiger partial charge is 0.248 e. The number of piperidine rings is 1. The lowest BCUT2D eigenvalue weighted by Crippen LogP contribution is -2.43. The number of carbonyl (C=O) groups excluding carboxylic acids is 1. The third-order valence-corrected chi connectivity index (χ3v) is 3.16. The zero-order valence-corrected chi connectivity index (χ0v) is 11.2. The minimum Gasteiger partial charge on any atom is -0.366 e. The lowest BCUT2D eigenvalue weighted by atomic mass is 10.0. The van der Waals surface area contributed by atoms with Gasteiger partial charge in [0.25, 0.3) is 0 Å². The molecule has 1 amide bonds. The van der Waals surface area contributed by atoms with E-state index in [9.17, 15) is 4.79 Å². The number of hydrogen-bond acceptors (Lipinski definition) is 2. The molecular formula is C12H22ClNO2. The van der Waals surface area contributed by atoms with Crippen molar-refractivity contribution in [3.8, 4) is 0 Å². The van der Waals surface area contributed by atoms with Crippen LogP contribution in [0.25, 0.3) is 0 Å². The van der Waals surface area contributed by atoms with Gasteiger partial charge in [0, 0.05) is 19.0 Å². The quantitative estimate of drug-likeness (QED) is 0.716. The molecular weight excluding hydrogens is 226 g/mol. The topological polar surface area (TPSA) is 29.5 Å². The van der Waals surface area contributed by atoms with Crippen molar-refractivity contribution in [3.05, 3.63) is 0 Å². The van der Waals surface area contributed by atoms with Gasteiger partial charge in [0.15, 0.2) is 0 Å². The van der Waals surface area contributed by atoms with Gasteiger partial charge in [0.1, 0.15) is 6.61 Å². The van der Waals surface area contributed by atoms with E-state index in [-0.39, 0.29) is 18.1 Å². The molecule has 0 bridgehead atoms. The fourth-order valence-corrected chi connectivity index (χ4v) is 2.04. The summed E-state index contributed by atoms with van der Waals surface area (Å²) in [6.07, 6.45) is 2.19. The van der Waals surface area contributed by atoms with Crippen LogP contribution in [0, 0.1) is 5.92 Å². The van der Waals surface area contributed by atoms with E-state index in [2.05, 4.69) is 0 Å². The van der Waals surface area contributed by atoms with Crippen molar-refractivity contribution in [2.45, 2.75) is 39.2 Å². The molecule has 0 aromatic rings. The Morgan fingerprint density at radius 3 is 2.75 bits per heavy atom. The van der Waals surface area contributed by atoms with Gasteiger partial charge in [-0.15, -0.1) is 11.6 Å². The standard InChI is InChI=1S/C12H22ClNO2/c1-12(2,3)16-9-11(15)14-6-4-5-10(7-13)8-14/h10H,4-9H2,1-3H3. The Labute approximate surface area is 103 Å². The minimum atomic E-state index is -0.253. The van der Waals surface area contributed by atoms with Crippen LogP contribution in [0.5, 0.6) is 0 Å². The predicted octanol–water partition coefficient (Wildman–Crippen LogP) is 2.28. The molecule has 0 spiro atoms. The number of rotatable bonds is 3. The molecule has 94 valence electrons. The number of nitrogens with zero attached hydrogens (tertiary/aromatic N) is 1. The zero-order chi connectivity index (χ0) is 12.2. The molecule has 1 aliphatic rings. The van der Waals surface area contributed by atoms with Gasteiger partial charge < -0.3 is 9.64 Å². The second-order valence-corrected chi connectivity index (χ2v) is 5.71. The average Bonchev–Trinajstić information content (AvgIpc) is 2.25. The van der Waals surface area contributed by atoms with Crippen LogP contribution in [0.4, 0.5) is 0 Å². The Bertz CT molecular complexity index is 238. The SMILES string of the molecule is CC(C)(C)OCC(=O)N1CCCC(CCl)C1. The summed E-state index contributed by atoms with van der Waals surface area (Å²) in [6, 6.07) is 0. The van der Waals surface area contributed by atoms with E-state index in [1.165, 1.54) is 0 Å². The number of carbonyl (C=O) groups is 1. The summed E-state index contributed by atoms with van der Waals surface area (Å²) in [7, 11) is 0. The molecule has 0 saturated carbocycles. The van der Waals surface area contributed by atoms with Gasteiger partial charge >= 0.3 is 0 Å². The average molecular weight is 248 g/mol. The van der Waals surface area contributed by atoms with E-state index in [0.29, 0.717) is 11.8 Å². The van der Waals surface area contributed by atoms with Crippen LogP contribution < -0.4 is 0 Å². The lowest BCUT2D eigenvalue weighted by molar-refractivity contribution is -0.142. The Hall–Kier alpha value is -0.280. The van der Waals surface area contributed by atoms with E-state index < -0.39 is 0 Å². The summed E-state index contributed by atoms with van der Waals surface area (Å²) in [5, 5.41) is 0. The summed E-state index contributed by atoms with van der Waals surface area (Å²) in [6.45, 7) is 7.68. The van der Waals surface area contributed by atoms with Crippen LogP contribution >= 0.6 is 11.6 Å². The van der Waals surface area contributed by atoms with Crippen LogP contribution in [0.2, 0.25) is 0 Å². The molecule has 1 saturated heterocycles. The van der Waals surface area contributed by atoms with E-state index in [1.807, 2.05) is 25.7 Å². The number of ether oxygens (including phenoxy) is 1. The summed E-state index contributed by atoms with van der Waals surface area (Å²) in [5.41, 5.74) is -0.253. The summed E-state index contributed by atoms with van der Waals surface area (Å²) < 4.78 is 5.49. The fraction of sp³-hybridized carbons (Fsp3) is 0.917. The number of amides is 1. The first-order valence-corrected chi connectivity index (χ1v) is 6.43. The van der Waals surface area contributed by atoms with Gasteiger partial charge in [-0.3, -0.25) is 4.79 Å². The third kappa shape index (κ3) is 4.71. The second-order valence-electron chi connectivity index (χ2n) is 5.40. The highest BCUT2D eigenvalue weighted by Gasteiger charge is 2.24.